The molecule has 0 aliphatic heterocycles. The van der Waals surface area contributed by atoms with E-state index in [1.165, 1.54) is 4.88 Å². The fraction of sp³-hybridized carbons (Fsp3) is 0.133. The summed E-state index contributed by atoms with van der Waals surface area (Å²) in [6.07, 6.45) is 0. The third-order valence-electron chi connectivity index (χ3n) is 3.25. The number of anilines is 2. The summed E-state index contributed by atoms with van der Waals surface area (Å²) in [5, 5.41) is 5.02. The zero-order valence-electron chi connectivity index (χ0n) is 11.7. The fourth-order valence-electron chi connectivity index (χ4n) is 2.08. The number of hydrogen-bond acceptors (Lipinski definition) is 5. The van der Waals surface area contributed by atoms with E-state index in [1.54, 1.807) is 11.3 Å². The molecule has 2 heterocycles. The predicted octanol–water partition coefficient (Wildman–Crippen LogP) is 3.69. The maximum Gasteiger partial charge on any atom is 0.188 e. The van der Waals surface area contributed by atoms with Gasteiger partial charge in [0.1, 0.15) is 10.8 Å². The fourth-order valence-corrected chi connectivity index (χ4v) is 3.07. The highest BCUT2D eigenvalue weighted by molar-refractivity contribution is 7.80. The molecule has 0 unspecified atom stereocenters. The molecular weight excluding hydrogens is 300 g/mol. The number of aryl methyl sites for hydroxylation is 2. The van der Waals surface area contributed by atoms with Crippen molar-refractivity contribution in [2.75, 3.05) is 5.32 Å². The Kier molecular flexibility index (Phi) is 3.57. The molecule has 4 nitrogen and oxygen atoms in total. The molecule has 106 valence electrons. The van der Waals surface area contributed by atoms with E-state index in [-0.39, 0.29) is 0 Å². The van der Waals surface area contributed by atoms with Gasteiger partial charge in [0.2, 0.25) is 0 Å². The lowest BCUT2D eigenvalue weighted by atomic mass is 10.1. The number of pyridine rings is 1. The number of aromatic nitrogens is 2. The molecule has 0 radical (unpaired) electrons. The Labute approximate surface area is 132 Å². The zero-order chi connectivity index (χ0) is 15.0. The third kappa shape index (κ3) is 2.72. The standard InChI is InChI=1S/C15H14N4S2/c1-8-9(2)21-15(17-8)19-13-7-11(14(16)20)10-5-3-4-6-12(10)18-13/h3-7H,1-2H3,(H2,16,20)(H,17,18,19). The number of thiazole rings is 1. The summed E-state index contributed by atoms with van der Waals surface area (Å²) >= 11 is 6.75. The van der Waals surface area contributed by atoms with Crippen molar-refractivity contribution in [1.29, 1.82) is 0 Å². The quantitative estimate of drug-likeness (QED) is 0.722. The van der Waals surface area contributed by atoms with Crippen LogP contribution >= 0.6 is 23.6 Å². The van der Waals surface area contributed by atoms with Crippen molar-refractivity contribution in [3.05, 3.63) is 46.5 Å². The van der Waals surface area contributed by atoms with E-state index in [0.717, 1.165) is 27.3 Å². The minimum absolute atomic E-state index is 0.364. The summed E-state index contributed by atoms with van der Waals surface area (Å²) < 4.78 is 0. The Morgan fingerprint density at radius 3 is 2.67 bits per heavy atom. The van der Waals surface area contributed by atoms with E-state index >= 15 is 0 Å². The first-order chi connectivity index (χ1) is 10.0. The van der Waals surface area contributed by atoms with Crippen molar-refractivity contribution in [1.82, 2.24) is 9.97 Å². The van der Waals surface area contributed by atoms with Gasteiger partial charge < -0.3 is 11.1 Å². The number of para-hydroxylation sites is 1. The van der Waals surface area contributed by atoms with E-state index < -0.39 is 0 Å². The normalized spacial score (nSPS) is 10.8. The van der Waals surface area contributed by atoms with Gasteiger partial charge in [-0.15, -0.1) is 11.3 Å². The van der Waals surface area contributed by atoms with E-state index in [2.05, 4.69) is 15.3 Å². The van der Waals surface area contributed by atoms with Gasteiger partial charge in [-0.05, 0) is 26.0 Å². The summed E-state index contributed by atoms with van der Waals surface area (Å²) in [6, 6.07) is 9.68. The van der Waals surface area contributed by atoms with Crippen LogP contribution in [-0.4, -0.2) is 15.0 Å². The van der Waals surface area contributed by atoms with Crippen LogP contribution in [0.4, 0.5) is 10.9 Å². The minimum Gasteiger partial charge on any atom is -0.389 e. The first-order valence-corrected chi connectivity index (χ1v) is 7.67. The molecule has 0 aliphatic rings. The van der Waals surface area contributed by atoms with Gasteiger partial charge >= 0.3 is 0 Å². The Morgan fingerprint density at radius 2 is 2.00 bits per heavy atom. The van der Waals surface area contributed by atoms with Crippen LogP contribution in [-0.2, 0) is 0 Å². The molecule has 6 heteroatoms. The van der Waals surface area contributed by atoms with Crippen molar-refractivity contribution in [3.8, 4) is 0 Å². The van der Waals surface area contributed by atoms with Crippen molar-refractivity contribution < 1.29 is 0 Å². The van der Waals surface area contributed by atoms with Gasteiger partial charge in [0, 0.05) is 15.8 Å². The van der Waals surface area contributed by atoms with Crippen LogP contribution in [0.5, 0.6) is 0 Å². The molecule has 0 bridgehead atoms. The molecule has 1 aromatic carbocycles. The van der Waals surface area contributed by atoms with Crippen LogP contribution < -0.4 is 11.1 Å². The molecule has 3 N–H and O–H groups in total. The number of nitrogens with zero attached hydrogens (tertiary/aromatic N) is 2. The Morgan fingerprint density at radius 1 is 1.24 bits per heavy atom. The van der Waals surface area contributed by atoms with Crippen molar-refractivity contribution in [3.63, 3.8) is 0 Å². The Balaban J connectivity index is 2.08. The average molecular weight is 314 g/mol. The number of thiocarbonyl (C=S) groups is 1. The average Bonchev–Trinajstić information content (AvgIpc) is 2.76. The highest BCUT2D eigenvalue weighted by Gasteiger charge is 2.10. The van der Waals surface area contributed by atoms with Crippen LogP contribution in [0.1, 0.15) is 16.1 Å². The number of nitrogens with one attached hydrogen (secondary N) is 1. The second kappa shape index (κ2) is 5.38. The SMILES string of the molecule is Cc1nc(Nc2cc(C(N)=S)c3ccccc3n2)sc1C. The number of fused-ring (bicyclic) bond motifs is 1. The van der Waals surface area contributed by atoms with E-state index in [4.69, 9.17) is 18.0 Å². The molecule has 0 spiro atoms. The van der Waals surface area contributed by atoms with Gasteiger partial charge in [-0.2, -0.15) is 0 Å². The lowest BCUT2D eigenvalue weighted by Gasteiger charge is -2.08. The molecule has 2 aromatic heterocycles. The second-order valence-corrected chi connectivity index (χ2v) is 6.37. The van der Waals surface area contributed by atoms with Crippen molar-refractivity contribution in [2.24, 2.45) is 5.73 Å². The van der Waals surface area contributed by atoms with Crippen molar-refractivity contribution >= 4 is 50.4 Å². The van der Waals surface area contributed by atoms with Crippen molar-refractivity contribution in [2.45, 2.75) is 13.8 Å². The van der Waals surface area contributed by atoms with E-state index in [0.29, 0.717) is 10.8 Å². The number of hydrogen-bond donors (Lipinski definition) is 2. The minimum atomic E-state index is 0.364. The second-order valence-electron chi connectivity index (χ2n) is 4.72. The smallest absolute Gasteiger partial charge is 0.188 e. The summed E-state index contributed by atoms with van der Waals surface area (Å²) in [7, 11) is 0. The van der Waals surface area contributed by atoms with Crippen LogP contribution in [0.2, 0.25) is 0 Å². The number of nitrogens with two attached hydrogens (primary N) is 1. The molecule has 21 heavy (non-hydrogen) atoms. The molecule has 3 aromatic rings. The highest BCUT2D eigenvalue weighted by Crippen LogP contribution is 2.26. The molecule has 0 saturated carbocycles. The van der Waals surface area contributed by atoms with Gasteiger partial charge in [-0.1, -0.05) is 30.4 Å². The van der Waals surface area contributed by atoms with Crippen LogP contribution in [0.3, 0.4) is 0 Å². The zero-order valence-corrected chi connectivity index (χ0v) is 13.3. The summed E-state index contributed by atoms with van der Waals surface area (Å²) in [6.45, 7) is 4.04. The summed E-state index contributed by atoms with van der Waals surface area (Å²) in [4.78, 5) is 10.6. The van der Waals surface area contributed by atoms with E-state index in [1.807, 2.05) is 44.2 Å². The molecular formula is C15H14N4S2. The Bertz CT molecular complexity index is 819. The molecule has 0 aliphatic carbocycles. The molecule has 3 rings (SSSR count). The monoisotopic (exact) mass is 314 g/mol. The summed E-state index contributed by atoms with van der Waals surface area (Å²) in [5.41, 5.74) is 8.54. The third-order valence-corrected chi connectivity index (χ3v) is 4.45. The first kappa shape index (κ1) is 13.9. The van der Waals surface area contributed by atoms with E-state index in [9.17, 15) is 0 Å². The lowest BCUT2D eigenvalue weighted by Crippen LogP contribution is -2.11. The number of benzene rings is 1. The van der Waals surface area contributed by atoms with Gasteiger partial charge in [-0.3, -0.25) is 0 Å². The van der Waals surface area contributed by atoms with Crippen LogP contribution in [0.25, 0.3) is 10.9 Å². The van der Waals surface area contributed by atoms with Crippen LogP contribution in [0, 0.1) is 13.8 Å². The largest absolute Gasteiger partial charge is 0.389 e. The van der Waals surface area contributed by atoms with Gasteiger partial charge in [0.05, 0.1) is 11.2 Å². The topological polar surface area (TPSA) is 63.8 Å². The maximum absolute atomic E-state index is 5.83. The van der Waals surface area contributed by atoms with Crippen LogP contribution in [0.15, 0.2) is 30.3 Å². The predicted molar refractivity (Wildman–Crippen MR) is 92.5 cm³/mol. The molecule has 0 atom stereocenters. The van der Waals surface area contributed by atoms with Gasteiger partial charge in [0.25, 0.3) is 0 Å². The summed E-state index contributed by atoms with van der Waals surface area (Å²) in [5.74, 6) is 0.699. The highest BCUT2D eigenvalue weighted by atomic mass is 32.1. The first-order valence-electron chi connectivity index (χ1n) is 6.45. The number of rotatable bonds is 3. The maximum atomic E-state index is 5.83. The van der Waals surface area contributed by atoms with Gasteiger partial charge in [0.15, 0.2) is 5.13 Å². The molecule has 0 fully saturated rings. The Hall–Kier alpha value is -2.05. The molecule has 0 amide bonds. The molecule has 0 saturated heterocycles. The van der Waals surface area contributed by atoms with Gasteiger partial charge in [-0.25, -0.2) is 9.97 Å². The lowest BCUT2D eigenvalue weighted by molar-refractivity contribution is 1.22.